The third-order valence-electron chi connectivity index (χ3n) is 7.84. The van der Waals surface area contributed by atoms with Gasteiger partial charge < -0.3 is 24.8 Å². The van der Waals surface area contributed by atoms with Crippen LogP contribution in [0.1, 0.15) is 36.5 Å². The summed E-state index contributed by atoms with van der Waals surface area (Å²) in [6.07, 6.45) is 0. The van der Waals surface area contributed by atoms with E-state index in [1.807, 2.05) is 0 Å². The molecule has 0 aliphatic carbocycles. The summed E-state index contributed by atoms with van der Waals surface area (Å²) in [5.41, 5.74) is 9.65. The zero-order chi connectivity index (χ0) is 31.3. The van der Waals surface area contributed by atoms with E-state index in [-0.39, 0.29) is 30.2 Å². The van der Waals surface area contributed by atoms with E-state index in [4.69, 9.17) is 0 Å². The summed E-state index contributed by atoms with van der Waals surface area (Å²) >= 11 is 1.74. The van der Waals surface area contributed by atoms with Crippen molar-refractivity contribution in [2.24, 2.45) is 0 Å². The van der Waals surface area contributed by atoms with Crippen molar-refractivity contribution in [1.82, 2.24) is 0 Å². The molecule has 0 aromatic heterocycles. The van der Waals surface area contributed by atoms with Gasteiger partial charge >= 0.3 is 41.9 Å². The minimum absolute atomic E-state index is 0. The van der Waals surface area contributed by atoms with Crippen LogP contribution in [0.5, 0.6) is 0 Å². The van der Waals surface area contributed by atoms with Gasteiger partial charge in [0, 0.05) is 0 Å². The Hall–Kier alpha value is -2.00. The Morgan fingerprint density at radius 3 is 1.82 bits per heavy atom. The monoisotopic (exact) mass is 742 g/mol. The van der Waals surface area contributed by atoms with Gasteiger partial charge in [0.15, 0.2) is 0 Å². The maximum Gasteiger partial charge on any atom is 0.0775 e. The molecule has 6 aromatic rings. The first kappa shape index (κ1) is 39.2. The van der Waals surface area contributed by atoms with Gasteiger partial charge in [-0.05, 0) is 17.0 Å². The normalized spacial score (nSPS) is 10.8. The van der Waals surface area contributed by atoms with Gasteiger partial charge in [0.1, 0.15) is 0 Å². The summed E-state index contributed by atoms with van der Waals surface area (Å²) in [4.78, 5) is 0. The minimum atomic E-state index is -1.22. The third-order valence-corrected chi connectivity index (χ3v) is 9.90. The quantitative estimate of drug-likeness (QED) is 0.165. The van der Waals surface area contributed by atoms with Gasteiger partial charge in [-0.25, -0.2) is 0 Å². The molecule has 0 unspecified atom stereocenters. The predicted molar refractivity (Wildman–Crippen MR) is 194 cm³/mol. The molecule has 0 atom stereocenters. The van der Waals surface area contributed by atoms with E-state index in [0.29, 0.717) is 5.92 Å². The van der Waals surface area contributed by atoms with Crippen molar-refractivity contribution in [2.75, 3.05) is 0 Å². The molecular weight excluding hydrogens is 699 g/mol. The molecule has 0 aliphatic heterocycles. The van der Waals surface area contributed by atoms with E-state index in [1.165, 1.54) is 65.7 Å². The van der Waals surface area contributed by atoms with Gasteiger partial charge in [0.2, 0.25) is 0 Å². The van der Waals surface area contributed by atoms with Crippen molar-refractivity contribution < 1.29 is 48.1 Å². The third kappa shape index (κ3) is 10.2. The van der Waals surface area contributed by atoms with Crippen LogP contribution in [0.25, 0.3) is 43.8 Å². The summed E-state index contributed by atoms with van der Waals surface area (Å²) in [5, 5.41) is 7.01. The van der Waals surface area contributed by atoms with Crippen LogP contribution >= 0.6 is 0 Å². The molecule has 0 fully saturated rings. The van der Waals surface area contributed by atoms with Crippen molar-refractivity contribution >= 4 is 40.2 Å². The SMILES string of the molecule is CC(C)c1cc2c(-c3ccccc3)cccc2[cH-]1.C[Si](C)=[Zr+2].Cc1cc2c(-c3ccc([Si](C)(C)C)cc3)ccc(C)c2[cH-]1.[Cl-].[Cl-]. The average molecular weight is 745 g/mol. The second kappa shape index (κ2) is 17.2. The van der Waals surface area contributed by atoms with Gasteiger partial charge in [-0.1, -0.05) is 130 Å². The molecule has 0 saturated heterocycles. The Labute approximate surface area is 300 Å². The van der Waals surface area contributed by atoms with Crippen molar-refractivity contribution in [3.63, 3.8) is 0 Å². The van der Waals surface area contributed by atoms with E-state index < -0.39 is 8.07 Å². The van der Waals surface area contributed by atoms with Crippen LogP contribution in [0.15, 0.2) is 109 Å². The van der Waals surface area contributed by atoms with Crippen molar-refractivity contribution in [3.05, 3.63) is 126 Å². The summed E-state index contributed by atoms with van der Waals surface area (Å²) in [7, 11) is -1.22. The first-order valence-corrected chi connectivity index (χ1v) is 25.1. The number of fused-ring (bicyclic) bond motifs is 2. The fraction of sp³-hybridized carbons (Fsp3) is 0.250. The predicted octanol–water partition coefficient (Wildman–Crippen LogP) is 5.53. The summed E-state index contributed by atoms with van der Waals surface area (Å²) in [5.74, 6) is 0.584. The molecule has 6 aromatic carbocycles. The molecule has 234 valence electrons. The van der Waals surface area contributed by atoms with Crippen LogP contribution in [0.3, 0.4) is 0 Å². The van der Waals surface area contributed by atoms with Crippen LogP contribution in [0.4, 0.5) is 0 Å². The van der Waals surface area contributed by atoms with Crippen LogP contribution in [0, 0.1) is 13.8 Å². The van der Waals surface area contributed by atoms with Crippen molar-refractivity contribution in [3.8, 4) is 22.3 Å². The summed E-state index contributed by atoms with van der Waals surface area (Å²) in [6.45, 7) is 20.7. The minimum Gasteiger partial charge on any atom is -1.00 e. The van der Waals surface area contributed by atoms with E-state index in [9.17, 15) is 0 Å². The number of rotatable bonds is 4. The molecule has 0 bridgehead atoms. The van der Waals surface area contributed by atoms with Crippen LogP contribution < -0.4 is 30.0 Å². The fourth-order valence-electron chi connectivity index (χ4n) is 5.45. The van der Waals surface area contributed by atoms with Crippen molar-refractivity contribution in [1.29, 1.82) is 0 Å². The Morgan fingerprint density at radius 1 is 0.667 bits per heavy atom. The maximum atomic E-state index is 2.40. The largest absolute Gasteiger partial charge is 1.00 e. The molecule has 0 nitrogen and oxygen atoms in total. The zero-order valence-electron chi connectivity index (χ0n) is 28.2. The molecular formula is C40H46Cl2Si2Zr-2. The molecule has 0 spiro atoms. The number of hydrogen-bond acceptors (Lipinski definition) is 0. The summed E-state index contributed by atoms with van der Waals surface area (Å²) < 4.78 is 0. The van der Waals surface area contributed by atoms with Gasteiger partial charge in [0.25, 0.3) is 0 Å². The van der Waals surface area contributed by atoms with E-state index in [0.717, 1.165) is 0 Å². The number of benzene rings is 4. The molecule has 5 heteroatoms. The number of hydrogen-bond donors (Lipinski definition) is 0. The van der Waals surface area contributed by atoms with Gasteiger partial charge in [-0.15, -0.1) is 68.6 Å². The first-order valence-electron chi connectivity index (χ1n) is 15.4. The van der Waals surface area contributed by atoms with E-state index in [1.54, 1.807) is 23.3 Å². The molecule has 0 heterocycles. The Kier molecular flexibility index (Phi) is 15.0. The Morgan fingerprint density at radius 2 is 1.24 bits per heavy atom. The van der Waals surface area contributed by atoms with Crippen LogP contribution in [-0.2, 0) is 23.3 Å². The molecule has 0 amide bonds. The molecule has 0 N–H and O–H groups in total. The number of halogens is 2. The topological polar surface area (TPSA) is 0 Å². The molecule has 0 saturated carbocycles. The number of aryl methyl sites for hydroxylation is 2. The van der Waals surface area contributed by atoms with E-state index in [2.05, 4.69) is 170 Å². The van der Waals surface area contributed by atoms with Crippen LogP contribution in [0.2, 0.25) is 32.7 Å². The second-order valence-electron chi connectivity index (χ2n) is 13.2. The standard InChI is InChI=1S/C20H23Si.C18H17.C2H6Si.2ClH.Zr/c1-14-12-19-15(2)6-11-18(20(19)13-14)16-7-9-17(10-8-16)21(3,4)5;1-13(2)16-11-15-9-6-10-17(18(15)12-16)14-7-4-3-5-8-14;1-3-2;;;/h6-13H,1-5H3;3-13H,1-2H3;1-2H3;2*1H;/q2*-1;;;;+2/p-2. The Bertz CT molecular complexity index is 1820. The molecule has 0 aliphatic rings. The zero-order valence-corrected chi connectivity index (χ0v) is 34.2. The second-order valence-corrected chi connectivity index (χ2v) is 27.7. The average Bonchev–Trinajstić information content (AvgIpc) is 3.58. The van der Waals surface area contributed by atoms with Gasteiger partial charge in [0.05, 0.1) is 8.07 Å². The fourth-order valence-corrected chi connectivity index (χ4v) is 6.62. The summed E-state index contributed by atoms with van der Waals surface area (Å²) in [6, 6.07) is 40.2. The van der Waals surface area contributed by atoms with Gasteiger partial charge in [-0.3, -0.25) is 0 Å². The smallest absolute Gasteiger partial charge is 0.0775 e. The molecule has 6 rings (SSSR count). The van der Waals surface area contributed by atoms with Crippen molar-refractivity contribution in [2.45, 2.75) is 66.3 Å². The Balaban J connectivity index is 0.000000272. The first-order chi connectivity index (χ1) is 20.3. The van der Waals surface area contributed by atoms with Crippen LogP contribution in [-0.4, -0.2) is 13.5 Å². The van der Waals surface area contributed by atoms with E-state index >= 15 is 0 Å². The maximum absolute atomic E-state index is 2.40. The van der Waals surface area contributed by atoms with Gasteiger partial charge in [-0.2, -0.15) is 12.1 Å². The molecule has 45 heavy (non-hydrogen) atoms. The molecule has 0 radical (unpaired) electrons.